The number of carbonyl (C=O) groups is 2. The smallest absolute Gasteiger partial charge is 0.295 e. The highest BCUT2D eigenvalue weighted by atomic mass is 16.5. The topological polar surface area (TPSA) is 79.3 Å². The summed E-state index contributed by atoms with van der Waals surface area (Å²) in [6, 6.07) is 13.6. The summed E-state index contributed by atoms with van der Waals surface area (Å²) in [5.74, 6) is 0.182. The Hall–Kier alpha value is -3.32. The first-order chi connectivity index (χ1) is 16.7. The van der Waals surface area contributed by atoms with E-state index < -0.39 is 17.7 Å². The number of benzene rings is 2. The first-order valence-electron chi connectivity index (χ1n) is 12.1. The van der Waals surface area contributed by atoms with Gasteiger partial charge in [0.25, 0.3) is 11.7 Å². The summed E-state index contributed by atoms with van der Waals surface area (Å²) in [6.45, 7) is 8.08. The molecule has 0 bridgehead atoms. The van der Waals surface area contributed by atoms with Crippen LogP contribution in [0.15, 0.2) is 54.1 Å². The van der Waals surface area contributed by atoms with Crippen LogP contribution in [-0.4, -0.2) is 67.0 Å². The summed E-state index contributed by atoms with van der Waals surface area (Å²) in [6.07, 6.45) is 0.912. The standard InChI is InChI=1S/C28H36N2O5/c1-6-34-23-18-21(12-13-22(23)35-17-14-19(2)3)25-24(26(31)20-10-8-7-9-11-20)27(32)28(33)30(25)16-15-29(4)5/h7-13,18-19,25,31H,6,14-17H2,1-5H3/b26-24+. The molecule has 2 aromatic carbocycles. The van der Waals surface area contributed by atoms with Crippen LogP contribution in [0.4, 0.5) is 0 Å². The normalized spacial score (nSPS) is 17.5. The molecule has 1 amide bonds. The maximum atomic E-state index is 13.2. The number of rotatable bonds is 11. The van der Waals surface area contributed by atoms with Gasteiger partial charge in [0.1, 0.15) is 5.76 Å². The van der Waals surface area contributed by atoms with E-state index in [0.29, 0.717) is 54.8 Å². The number of Topliss-reactive ketones (excluding diaryl/α,β-unsaturated/α-hetero) is 1. The number of likely N-dealkylation sites (N-methyl/N-ethyl adjacent to an activating group) is 1. The molecule has 35 heavy (non-hydrogen) atoms. The molecule has 0 spiro atoms. The number of likely N-dealkylation sites (tertiary alicyclic amines) is 1. The summed E-state index contributed by atoms with van der Waals surface area (Å²) in [7, 11) is 3.82. The third-order valence-electron chi connectivity index (χ3n) is 5.91. The summed E-state index contributed by atoms with van der Waals surface area (Å²) in [5.41, 5.74) is 1.25. The second-order valence-corrected chi connectivity index (χ2v) is 9.33. The molecule has 1 aliphatic rings. The molecule has 7 nitrogen and oxygen atoms in total. The van der Waals surface area contributed by atoms with E-state index in [0.717, 1.165) is 6.42 Å². The van der Waals surface area contributed by atoms with Gasteiger partial charge in [-0.2, -0.15) is 0 Å². The fraction of sp³-hybridized carbons (Fsp3) is 0.429. The summed E-state index contributed by atoms with van der Waals surface area (Å²) >= 11 is 0. The molecule has 0 aromatic heterocycles. The molecule has 7 heteroatoms. The van der Waals surface area contributed by atoms with Crippen molar-refractivity contribution in [2.75, 3.05) is 40.4 Å². The molecule has 0 saturated carbocycles. The molecule has 1 N–H and O–H groups in total. The number of nitrogens with zero attached hydrogens (tertiary/aromatic N) is 2. The predicted molar refractivity (Wildman–Crippen MR) is 137 cm³/mol. The van der Waals surface area contributed by atoms with Crippen LogP contribution in [0.3, 0.4) is 0 Å². The molecule has 1 unspecified atom stereocenters. The van der Waals surface area contributed by atoms with Crippen molar-refractivity contribution >= 4 is 17.4 Å². The molecule has 1 aliphatic heterocycles. The molecular formula is C28H36N2O5. The second kappa shape index (κ2) is 11.9. The third-order valence-corrected chi connectivity index (χ3v) is 5.91. The first kappa shape index (κ1) is 26.3. The van der Waals surface area contributed by atoms with Crippen LogP contribution in [-0.2, 0) is 9.59 Å². The van der Waals surface area contributed by atoms with Crippen LogP contribution in [0, 0.1) is 5.92 Å². The van der Waals surface area contributed by atoms with Gasteiger partial charge in [0.2, 0.25) is 0 Å². The monoisotopic (exact) mass is 480 g/mol. The number of hydrogen-bond donors (Lipinski definition) is 1. The molecule has 1 fully saturated rings. The van der Waals surface area contributed by atoms with Gasteiger partial charge in [-0.1, -0.05) is 50.2 Å². The Labute approximate surface area is 207 Å². The molecule has 0 aliphatic carbocycles. The lowest BCUT2D eigenvalue weighted by molar-refractivity contribution is -0.140. The number of carbonyl (C=O) groups excluding carboxylic acids is 2. The lowest BCUT2D eigenvalue weighted by atomic mass is 9.95. The zero-order chi connectivity index (χ0) is 25.5. The number of ether oxygens (including phenoxy) is 2. The Bertz CT molecular complexity index is 1060. The SMILES string of the molecule is CCOc1cc(C2/C(=C(\O)c3ccccc3)C(=O)C(=O)N2CCN(C)C)ccc1OCCC(C)C. The van der Waals surface area contributed by atoms with E-state index in [1.165, 1.54) is 4.90 Å². The Balaban J connectivity index is 2.08. The number of amides is 1. The van der Waals surface area contributed by atoms with E-state index in [1.54, 1.807) is 24.3 Å². The van der Waals surface area contributed by atoms with Crippen LogP contribution >= 0.6 is 0 Å². The van der Waals surface area contributed by atoms with Crippen molar-refractivity contribution in [2.45, 2.75) is 33.2 Å². The highest BCUT2D eigenvalue weighted by Crippen LogP contribution is 2.42. The van der Waals surface area contributed by atoms with Crippen molar-refractivity contribution in [3.05, 3.63) is 65.2 Å². The molecule has 1 atom stereocenters. The van der Waals surface area contributed by atoms with Crippen molar-refractivity contribution in [1.82, 2.24) is 9.80 Å². The van der Waals surface area contributed by atoms with Crippen LogP contribution in [0.5, 0.6) is 11.5 Å². The van der Waals surface area contributed by atoms with Gasteiger partial charge in [-0.3, -0.25) is 9.59 Å². The molecule has 3 rings (SSSR count). The van der Waals surface area contributed by atoms with E-state index >= 15 is 0 Å². The minimum Gasteiger partial charge on any atom is -0.507 e. The zero-order valence-corrected chi connectivity index (χ0v) is 21.3. The molecule has 188 valence electrons. The Kier molecular flexibility index (Phi) is 8.93. The van der Waals surface area contributed by atoms with Crippen molar-refractivity contribution < 1.29 is 24.2 Å². The number of hydrogen-bond acceptors (Lipinski definition) is 6. The summed E-state index contributed by atoms with van der Waals surface area (Å²) in [5, 5.41) is 11.1. The van der Waals surface area contributed by atoms with Gasteiger partial charge in [-0.25, -0.2) is 0 Å². The quantitative estimate of drug-likeness (QED) is 0.290. The molecular weight excluding hydrogens is 444 g/mol. The van der Waals surface area contributed by atoms with Crippen molar-refractivity contribution in [3.8, 4) is 11.5 Å². The molecule has 2 aromatic rings. The number of aliphatic hydroxyl groups excluding tert-OH is 1. The largest absolute Gasteiger partial charge is 0.507 e. The minimum absolute atomic E-state index is 0.0795. The number of ketones is 1. The highest BCUT2D eigenvalue weighted by Gasteiger charge is 2.46. The third kappa shape index (κ3) is 6.22. The van der Waals surface area contributed by atoms with Gasteiger partial charge < -0.3 is 24.4 Å². The Morgan fingerprint density at radius 1 is 1.06 bits per heavy atom. The summed E-state index contributed by atoms with van der Waals surface area (Å²) in [4.78, 5) is 29.7. The molecule has 1 heterocycles. The van der Waals surface area contributed by atoms with Gasteiger partial charge in [0, 0.05) is 18.7 Å². The molecule has 1 saturated heterocycles. The van der Waals surface area contributed by atoms with Crippen LogP contribution in [0.2, 0.25) is 0 Å². The van der Waals surface area contributed by atoms with Crippen molar-refractivity contribution in [3.63, 3.8) is 0 Å². The van der Waals surface area contributed by atoms with E-state index in [-0.39, 0.29) is 11.3 Å². The fourth-order valence-corrected chi connectivity index (χ4v) is 4.00. The Morgan fingerprint density at radius 2 is 1.77 bits per heavy atom. The van der Waals surface area contributed by atoms with Crippen molar-refractivity contribution in [1.29, 1.82) is 0 Å². The average molecular weight is 481 g/mol. The van der Waals surface area contributed by atoms with Crippen LogP contribution in [0.25, 0.3) is 5.76 Å². The first-order valence-corrected chi connectivity index (χ1v) is 12.1. The molecule has 0 radical (unpaired) electrons. The predicted octanol–water partition coefficient (Wildman–Crippen LogP) is 4.49. The van der Waals surface area contributed by atoms with Crippen LogP contribution in [0.1, 0.15) is 44.4 Å². The Morgan fingerprint density at radius 3 is 2.40 bits per heavy atom. The maximum absolute atomic E-state index is 13.2. The van der Waals surface area contributed by atoms with Crippen LogP contribution < -0.4 is 9.47 Å². The average Bonchev–Trinajstić information content (AvgIpc) is 3.08. The maximum Gasteiger partial charge on any atom is 0.295 e. The van der Waals surface area contributed by atoms with Gasteiger partial charge in [0.05, 0.1) is 24.8 Å². The van der Waals surface area contributed by atoms with Gasteiger partial charge >= 0.3 is 0 Å². The van der Waals surface area contributed by atoms with Gasteiger partial charge in [-0.05, 0) is 51.1 Å². The number of aliphatic hydroxyl groups is 1. The minimum atomic E-state index is -0.737. The van der Waals surface area contributed by atoms with Gasteiger partial charge in [0.15, 0.2) is 11.5 Å². The van der Waals surface area contributed by atoms with E-state index in [2.05, 4.69) is 13.8 Å². The van der Waals surface area contributed by atoms with E-state index in [9.17, 15) is 14.7 Å². The fourth-order valence-electron chi connectivity index (χ4n) is 4.00. The zero-order valence-electron chi connectivity index (χ0n) is 21.3. The lowest BCUT2D eigenvalue weighted by Gasteiger charge is -2.27. The van der Waals surface area contributed by atoms with Gasteiger partial charge in [-0.15, -0.1) is 0 Å². The van der Waals surface area contributed by atoms with Crippen molar-refractivity contribution in [2.24, 2.45) is 5.92 Å². The lowest BCUT2D eigenvalue weighted by Crippen LogP contribution is -2.35. The van der Waals surface area contributed by atoms with E-state index in [4.69, 9.17) is 9.47 Å². The second-order valence-electron chi connectivity index (χ2n) is 9.33. The highest BCUT2D eigenvalue weighted by molar-refractivity contribution is 6.46. The van der Waals surface area contributed by atoms with E-state index in [1.807, 2.05) is 50.2 Å². The summed E-state index contributed by atoms with van der Waals surface area (Å²) < 4.78 is 11.8.